The van der Waals surface area contributed by atoms with Crippen molar-refractivity contribution in [3.05, 3.63) is 42.0 Å². The molecule has 20 heavy (non-hydrogen) atoms. The third-order valence-electron chi connectivity index (χ3n) is 4.85. The Morgan fingerprint density at radius 1 is 1.10 bits per heavy atom. The minimum atomic E-state index is -2.76. The molecule has 0 spiro atoms. The molecule has 0 heterocycles. The number of rotatable bonds is 4. The minimum Gasteiger partial charge on any atom is -0.147 e. The van der Waals surface area contributed by atoms with Crippen molar-refractivity contribution >= 4 is 31.7 Å². The van der Waals surface area contributed by atoms with Crippen LogP contribution in [0.2, 0.25) is 9.26 Å². The van der Waals surface area contributed by atoms with Crippen LogP contribution in [0.1, 0.15) is 39.5 Å². The summed E-state index contributed by atoms with van der Waals surface area (Å²) in [5.41, 5.74) is 3.34. The van der Waals surface area contributed by atoms with Crippen molar-refractivity contribution in [1.29, 1.82) is 0 Å². The fourth-order valence-corrected chi connectivity index (χ4v) is 14.0. The Kier molecular flexibility index (Phi) is 7.50. The van der Waals surface area contributed by atoms with Crippen molar-refractivity contribution in [3.63, 3.8) is 0 Å². The van der Waals surface area contributed by atoms with E-state index in [4.69, 9.17) is 0 Å². The normalized spacial score (nSPS) is 18.4. The first-order valence-corrected chi connectivity index (χ1v) is 20.5. The second-order valence-electron chi connectivity index (χ2n) is 6.69. The van der Waals surface area contributed by atoms with Gasteiger partial charge in [-0.15, -0.1) is 24.8 Å². The standard InChI is InChI=1S/C9H13.C5H5.2CH3.2ClH.H2Si.Zr/c1-3-8-6-5-7-9(8)4-2;1-2-4-5-3-1;;;;;;/h6H,3-4,7H2,1-2H3;1-3H,4H2;2*1H3;2*1H;1H2;. The van der Waals surface area contributed by atoms with E-state index in [0.717, 1.165) is 0 Å². The summed E-state index contributed by atoms with van der Waals surface area (Å²) >= 11 is -2.76. The van der Waals surface area contributed by atoms with Gasteiger partial charge in [-0.2, -0.15) is 0 Å². The van der Waals surface area contributed by atoms with Crippen LogP contribution >= 0.6 is 24.8 Å². The summed E-state index contributed by atoms with van der Waals surface area (Å²) < 4.78 is 8.83. The van der Waals surface area contributed by atoms with E-state index in [1.54, 1.807) is 14.4 Å². The molecule has 0 bridgehead atoms. The maximum absolute atomic E-state index is 2.76. The smallest absolute Gasteiger partial charge is 0.147 e. The van der Waals surface area contributed by atoms with Crippen molar-refractivity contribution in [2.24, 2.45) is 0 Å². The quantitative estimate of drug-likeness (QED) is 0.544. The molecule has 2 aliphatic carbocycles. The van der Waals surface area contributed by atoms with Gasteiger partial charge in [0.05, 0.1) is 0 Å². The van der Waals surface area contributed by atoms with Crippen LogP contribution < -0.4 is 0 Å². The molecule has 0 saturated heterocycles. The zero-order valence-corrected chi connectivity index (χ0v) is 18.7. The molecule has 0 atom stereocenters. The van der Waals surface area contributed by atoms with Crippen LogP contribution in [0.5, 0.6) is 0 Å². The molecule has 2 aliphatic rings. The van der Waals surface area contributed by atoms with E-state index in [1.165, 1.54) is 25.7 Å². The van der Waals surface area contributed by atoms with E-state index in [9.17, 15) is 0 Å². The largest absolute Gasteiger partial charge is 0.147 e. The zero-order valence-electron chi connectivity index (χ0n) is 13.2. The summed E-state index contributed by atoms with van der Waals surface area (Å²) in [7, 11) is 0. The molecule has 0 aromatic heterocycles. The third-order valence-corrected chi connectivity index (χ3v) is 22.0. The first kappa shape index (κ1) is 20.6. The van der Waals surface area contributed by atoms with E-state index in [0.29, 0.717) is 0 Å². The van der Waals surface area contributed by atoms with E-state index in [1.807, 2.05) is 3.28 Å². The van der Waals surface area contributed by atoms with Gasteiger partial charge in [0, 0.05) is 0 Å². The maximum Gasteiger partial charge on any atom is -0.147 e. The van der Waals surface area contributed by atoms with Crippen molar-refractivity contribution < 1.29 is 17.4 Å². The van der Waals surface area contributed by atoms with Crippen molar-refractivity contribution in [2.75, 3.05) is 0 Å². The van der Waals surface area contributed by atoms with E-state index in [-0.39, 0.29) is 24.8 Å². The summed E-state index contributed by atoms with van der Waals surface area (Å²) in [5.74, 6) is 0. The Labute approximate surface area is 139 Å². The van der Waals surface area contributed by atoms with Crippen LogP contribution in [0.25, 0.3) is 0 Å². The van der Waals surface area contributed by atoms with Gasteiger partial charge in [0.25, 0.3) is 0 Å². The fraction of sp³-hybridized carbons (Fsp3) is 0.500. The molecule has 4 heteroatoms. The van der Waals surface area contributed by atoms with Gasteiger partial charge < -0.3 is 0 Å². The third kappa shape index (κ3) is 3.69. The van der Waals surface area contributed by atoms with Gasteiger partial charge in [0.15, 0.2) is 0 Å². The molecule has 0 saturated carbocycles. The molecule has 2 rings (SSSR count). The van der Waals surface area contributed by atoms with E-state index >= 15 is 0 Å². The average Bonchev–Trinajstić information content (AvgIpc) is 2.98. The van der Waals surface area contributed by atoms with Crippen molar-refractivity contribution in [2.45, 2.75) is 48.8 Å². The Balaban J connectivity index is 0.00000180. The fourth-order valence-electron chi connectivity index (χ4n) is 3.17. The van der Waals surface area contributed by atoms with Gasteiger partial charge in [-0.05, 0) is 0 Å². The van der Waals surface area contributed by atoms with Crippen molar-refractivity contribution in [3.8, 4) is 0 Å². The van der Waals surface area contributed by atoms with Gasteiger partial charge in [-0.25, -0.2) is 0 Å². The van der Waals surface area contributed by atoms with Gasteiger partial charge in [-0.1, -0.05) is 0 Å². The van der Waals surface area contributed by atoms with Crippen LogP contribution in [0.15, 0.2) is 42.0 Å². The van der Waals surface area contributed by atoms with Gasteiger partial charge >= 0.3 is 115 Å². The van der Waals surface area contributed by atoms with Gasteiger partial charge in [0.2, 0.25) is 0 Å². The molecule has 0 radical (unpaired) electrons. The molecule has 114 valence electrons. The first-order chi connectivity index (χ1) is 8.37. The molecule has 0 N–H and O–H groups in total. The Hall–Kier alpha value is 0.640. The predicted octanol–water partition coefficient (Wildman–Crippen LogP) is 5.41. The monoisotopic (exact) mass is 408 g/mol. The molecule has 0 aliphatic heterocycles. The number of halogens is 2. The summed E-state index contributed by atoms with van der Waals surface area (Å²) in [5, 5.41) is 0. The molecule has 0 aromatic carbocycles. The van der Waals surface area contributed by atoms with Crippen molar-refractivity contribution in [1.82, 2.24) is 0 Å². The molecule has 0 amide bonds. The summed E-state index contributed by atoms with van der Waals surface area (Å²) in [6, 6.07) is 0. The Bertz CT molecular complexity index is 559. The molecular weight excluding hydrogens is 382 g/mol. The predicted molar refractivity (Wildman–Crippen MR) is 96.9 cm³/mol. The summed E-state index contributed by atoms with van der Waals surface area (Å²) in [6.45, 7) is 6.97. The topological polar surface area (TPSA) is 0 Å². The molecule has 0 nitrogen and oxygen atoms in total. The minimum absolute atomic E-state index is 0. The summed E-state index contributed by atoms with van der Waals surface area (Å²) in [4.78, 5) is 0. The zero-order chi connectivity index (χ0) is 13.4. The van der Waals surface area contributed by atoms with Crippen LogP contribution in [0.3, 0.4) is 0 Å². The van der Waals surface area contributed by atoms with Crippen LogP contribution in [-0.2, 0) is 17.4 Å². The van der Waals surface area contributed by atoms with Gasteiger partial charge in [-0.3, -0.25) is 0 Å². The second-order valence-corrected chi connectivity index (χ2v) is 35.6. The van der Waals surface area contributed by atoms with E-state index in [2.05, 4.69) is 54.3 Å². The maximum atomic E-state index is 2.62. The van der Waals surface area contributed by atoms with Gasteiger partial charge in [0.1, 0.15) is 0 Å². The van der Waals surface area contributed by atoms with E-state index < -0.39 is 17.4 Å². The number of hydrogen-bond acceptors (Lipinski definition) is 0. The molecule has 0 fully saturated rings. The van der Waals surface area contributed by atoms with Crippen LogP contribution in [0.4, 0.5) is 0 Å². The molecule has 0 unspecified atom stereocenters. The molecular formula is C16H28Cl2SiZr. The number of hydrogen-bond donors (Lipinski definition) is 0. The SMILES string of the molecule is CCC1=C(CC)C[C]([Zr]([CH3])([CH3])(=[SiH2])[C]2=CC=CC2)=C1.Cl.Cl. The van der Waals surface area contributed by atoms with Crippen LogP contribution in [0, 0.1) is 0 Å². The average molecular weight is 411 g/mol. The first-order valence-electron chi connectivity index (χ1n) is 7.23. The van der Waals surface area contributed by atoms with Crippen LogP contribution in [-0.4, -0.2) is 6.88 Å². The number of allylic oxidation sites excluding steroid dienone is 8. The summed E-state index contributed by atoms with van der Waals surface area (Å²) in [6.07, 6.45) is 14.5. The molecule has 0 aromatic rings. The Morgan fingerprint density at radius 2 is 1.75 bits per heavy atom. The Morgan fingerprint density at radius 3 is 2.15 bits per heavy atom. The second kappa shape index (κ2) is 7.27.